The Labute approximate surface area is 150 Å². The third kappa shape index (κ3) is 3.96. The van der Waals surface area contributed by atoms with Crippen molar-refractivity contribution in [1.82, 2.24) is 14.3 Å². The molecule has 0 spiro atoms. The zero-order chi connectivity index (χ0) is 20.7. The van der Waals surface area contributed by atoms with Gasteiger partial charge in [-0.1, -0.05) is 0 Å². The molecule has 1 atom stereocenters. The van der Waals surface area contributed by atoms with E-state index in [0.717, 1.165) is 6.07 Å². The number of carboxylic acids is 1. The van der Waals surface area contributed by atoms with Gasteiger partial charge in [0.2, 0.25) is 0 Å². The van der Waals surface area contributed by atoms with Crippen LogP contribution in [0, 0.1) is 12.7 Å². The molecule has 1 heterocycles. The number of ether oxygens (including phenoxy) is 1. The Morgan fingerprint density at radius 2 is 1.85 bits per heavy atom. The van der Waals surface area contributed by atoms with E-state index in [1.54, 1.807) is 13.8 Å². The van der Waals surface area contributed by atoms with Crippen LogP contribution >= 0.6 is 0 Å². The predicted octanol–water partition coefficient (Wildman–Crippen LogP) is 3.09. The van der Waals surface area contributed by atoms with Gasteiger partial charge in [0, 0.05) is 12.1 Å². The molecule has 0 radical (unpaired) electrons. The van der Waals surface area contributed by atoms with E-state index in [9.17, 15) is 27.2 Å². The highest BCUT2D eigenvalue weighted by atomic mass is 19.4. The van der Waals surface area contributed by atoms with Gasteiger partial charge in [-0.15, -0.1) is 0 Å². The Kier molecular flexibility index (Phi) is 5.34. The molecule has 0 fully saturated rings. The minimum Gasteiger partial charge on any atom is -0.480 e. The standard InChI is InChI=1S/C16H17F4N3O4/c1-7(2)22-9(4)21-23(15(22)26)12-6-13(27-8(3)16(18,19)20)10(14(24)25)5-11(12)17/h5-8H,1-4H3,(H,24,25). The lowest BCUT2D eigenvalue weighted by atomic mass is 10.1. The number of rotatable bonds is 5. The summed E-state index contributed by atoms with van der Waals surface area (Å²) < 4.78 is 59.3. The molecule has 0 aliphatic carbocycles. The second-order valence-corrected chi connectivity index (χ2v) is 6.11. The Bertz CT molecular complexity index is 931. The molecule has 1 aromatic carbocycles. The van der Waals surface area contributed by atoms with Crippen molar-refractivity contribution in [3.8, 4) is 11.4 Å². The topological polar surface area (TPSA) is 86.4 Å². The summed E-state index contributed by atoms with van der Waals surface area (Å²) in [6.07, 6.45) is -7.11. The van der Waals surface area contributed by atoms with Gasteiger partial charge in [0.15, 0.2) is 6.10 Å². The summed E-state index contributed by atoms with van der Waals surface area (Å²) >= 11 is 0. The van der Waals surface area contributed by atoms with Crippen LogP contribution in [0.4, 0.5) is 17.6 Å². The summed E-state index contributed by atoms with van der Waals surface area (Å²) in [5.41, 5.74) is -2.04. The number of hydrogen-bond acceptors (Lipinski definition) is 4. The van der Waals surface area contributed by atoms with Crippen LogP contribution in [-0.2, 0) is 0 Å². The van der Waals surface area contributed by atoms with Crippen LogP contribution in [0.2, 0.25) is 0 Å². The van der Waals surface area contributed by atoms with E-state index >= 15 is 0 Å². The van der Waals surface area contributed by atoms with E-state index in [1.165, 1.54) is 11.5 Å². The minimum atomic E-state index is -4.77. The molecule has 1 unspecified atom stereocenters. The summed E-state index contributed by atoms with van der Waals surface area (Å²) in [7, 11) is 0. The molecule has 2 rings (SSSR count). The molecule has 0 saturated heterocycles. The van der Waals surface area contributed by atoms with E-state index in [1.807, 2.05) is 0 Å². The summed E-state index contributed by atoms with van der Waals surface area (Å²) in [6, 6.07) is 0.916. The van der Waals surface area contributed by atoms with Crippen LogP contribution in [0.15, 0.2) is 16.9 Å². The lowest BCUT2D eigenvalue weighted by molar-refractivity contribution is -0.189. The largest absolute Gasteiger partial charge is 0.480 e. The SMILES string of the molecule is Cc1nn(-c2cc(OC(C)C(F)(F)F)c(C(=O)O)cc2F)c(=O)n1C(C)C. The zero-order valence-corrected chi connectivity index (χ0v) is 14.8. The maximum Gasteiger partial charge on any atom is 0.425 e. The molecule has 7 nitrogen and oxygen atoms in total. The molecule has 2 aromatic rings. The van der Waals surface area contributed by atoms with Crippen molar-refractivity contribution in [1.29, 1.82) is 0 Å². The average Bonchev–Trinajstić information content (AvgIpc) is 2.82. The number of aromatic nitrogens is 3. The van der Waals surface area contributed by atoms with Crippen molar-refractivity contribution in [3.05, 3.63) is 39.8 Å². The fraction of sp³-hybridized carbons (Fsp3) is 0.438. The highest BCUT2D eigenvalue weighted by Gasteiger charge is 2.39. The number of alkyl halides is 3. The van der Waals surface area contributed by atoms with Crippen molar-refractivity contribution in [2.45, 2.75) is 46.0 Å². The Hall–Kier alpha value is -2.85. The first-order chi connectivity index (χ1) is 12.3. The molecule has 1 N–H and O–H groups in total. The average molecular weight is 391 g/mol. The monoisotopic (exact) mass is 391 g/mol. The van der Waals surface area contributed by atoms with Gasteiger partial charge >= 0.3 is 17.8 Å². The fourth-order valence-corrected chi connectivity index (χ4v) is 2.45. The second-order valence-electron chi connectivity index (χ2n) is 6.11. The maximum absolute atomic E-state index is 14.4. The van der Waals surface area contributed by atoms with Crippen molar-refractivity contribution < 1.29 is 32.2 Å². The molecular formula is C16H17F4N3O4. The van der Waals surface area contributed by atoms with Crippen LogP contribution in [0.1, 0.15) is 43.0 Å². The first-order valence-electron chi connectivity index (χ1n) is 7.83. The lowest BCUT2D eigenvalue weighted by Gasteiger charge is -2.19. The second kappa shape index (κ2) is 7.05. The fourth-order valence-electron chi connectivity index (χ4n) is 2.45. The number of aryl methyl sites for hydroxylation is 1. The van der Waals surface area contributed by atoms with Crippen LogP contribution in [0.3, 0.4) is 0 Å². The lowest BCUT2D eigenvalue weighted by Crippen LogP contribution is -2.32. The molecule has 0 aliphatic heterocycles. The molecule has 27 heavy (non-hydrogen) atoms. The van der Waals surface area contributed by atoms with Gasteiger partial charge in [-0.05, 0) is 33.8 Å². The van der Waals surface area contributed by atoms with Crippen molar-refractivity contribution >= 4 is 5.97 Å². The molecular weight excluding hydrogens is 374 g/mol. The van der Waals surface area contributed by atoms with Gasteiger partial charge in [-0.3, -0.25) is 4.57 Å². The summed E-state index contributed by atoms with van der Waals surface area (Å²) in [4.78, 5) is 23.7. The number of carboxylic acid groups (broad SMARTS) is 1. The molecule has 0 aliphatic rings. The first-order valence-corrected chi connectivity index (χ1v) is 7.83. The van der Waals surface area contributed by atoms with Gasteiger partial charge in [-0.2, -0.15) is 23.0 Å². The molecule has 1 aromatic heterocycles. The first kappa shape index (κ1) is 20.5. The number of aromatic carboxylic acids is 1. The van der Waals surface area contributed by atoms with Gasteiger partial charge in [-0.25, -0.2) is 14.0 Å². The summed E-state index contributed by atoms with van der Waals surface area (Å²) in [6.45, 7) is 5.58. The van der Waals surface area contributed by atoms with Crippen LogP contribution in [0.5, 0.6) is 5.75 Å². The molecule has 0 bridgehead atoms. The van der Waals surface area contributed by atoms with Crippen LogP contribution in [-0.4, -0.2) is 37.7 Å². The number of halogens is 4. The number of benzene rings is 1. The van der Waals surface area contributed by atoms with Crippen molar-refractivity contribution in [2.24, 2.45) is 0 Å². The molecule has 0 amide bonds. The highest BCUT2D eigenvalue weighted by Crippen LogP contribution is 2.30. The quantitative estimate of drug-likeness (QED) is 0.792. The van der Waals surface area contributed by atoms with Crippen LogP contribution in [0.25, 0.3) is 5.69 Å². The van der Waals surface area contributed by atoms with E-state index in [0.29, 0.717) is 17.7 Å². The smallest absolute Gasteiger partial charge is 0.425 e. The number of hydrogen-bond donors (Lipinski definition) is 1. The van der Waals surface area contributed by atoms with Crippen molar-refractivity contribution in [3.63, 3.8) is 0 Å². The minimum absolute atomic E-state index is 0.253. The third-order valence-corrected chi connectivity index (χ3v) is 3.77. The van der Waals surface area contributed by atoms with Gasteiger partial charge in [0.25, 0.3) is 0 Å². The predicted molar refractivity (Wildman–Crippen MR) is 86.0 cm³/mol. The van der Waals surface area contributed by atoms with Crippen LogP contribution < -0.4 is 10.4 Å². The van der Waals surface area contributed by atoms with Gasteiger partial charge in [0.05, 0.1) is 0 Å². The Morgan fingerprint density at radius 3 is 2.30 bits per heavy atom. The molecule has 11 heteroatoms. The van der Waals surface area contributed by atoms with E-state index < -0.39 is 46.8 Å². The van der Waals surface area contributed by atoms with E-state index in [4.69, 9.17) is 9.84 Å². The van der Waals surface area contributed by atoms with Gasteiger partial charge in [0.1, 0.15) is 28.6 Å². The van der Waals surface area contributed by atoms with Crippen molar-refractivity contribution in [2.75, 3.05) is 0 Å². The third-order valence-electron chi connectivity index (χ3n) is 3.77. The maximum atomic E-state index is 14.4. The molecule has 0 saturated carbocycles. The van der Waals surface area contributed by atoms with E-state index in [-0.39, 0.29) is 11.9 Å². The number of nitrogens with zero attached hydrogens (tertiary/aromatic N) is 3. The normalized spacial score (nSPS) is 13.1. The molecule has 148 valence electrons. The summed E-state index contributed by atoms with van der Waals surface area (Å²) in [5.74, 6) is -3.30. The Morgan fingerprint density at radius 1 is 1.26 bits per heavy atom. The van der Waals surface area contributed by atoms with Gasteiger partial charge < -0.3 is 9.84 Å². The highest BCUT2D eigenvalue weighted by molar-refractivity contribution is 5.91. The number of carbonyl (C=O) groups is 1. The zero-order valence-electron chi connectivity index (χ0n) is 14.8. The Balaban J connectivity index is 2.66. The summed E-state index contributed by atoms with van der Waals surface area (Å²) in [5, 5.41) is 13.0. The van der Waals surface area contributed by atoms with E-state index in [2.05, 4.69) is 5.10 Å².